The SMILES string of the molecule is COCc1cc(COc2ccc([N+](=O)[O-])cc2CN)no1. The lowest BCUT2D eigenvalue weighted by Gasteiger charge is -2.08. The van der Waals surface area contributed by atoms with E-state index in [2.05, 4.69) is 5.16 Å². The Bertz CT molecular complexity index is 626. The van der Waals surface area contributed by atoms with Crippen LogP contribution in [-0.4, -0.2) is 17.2 Å². The molecule has 2 rings (SSSR count). The first-order valence-corrected chi connectivity index (χ1v) is 6.17. The van der Waals surface area contributed by atoms with Gasteiger partial charge in [-0.25, -0.2) is 0 Å². The first-order valence-electron chi connectivity index (χ1n) is 6.17. The summed E-state index contributed by atoms with van der Waals surface area (Å²) in [6.45, 7) is 0.654. The molecule has 8 heteroatoms. The van der Waals surface area contributed by atoms with Gasteiger partial charge < -0.3 is 19.7 Å². The molecule has 2 N–H and O–H groups in total. The lowest BCUT2D eigenvalue weighted by Crippen LogP contribution is -2.04. The van der Waals surface area contributed by atoms with Crippen LogP contribution in [0.1, 0.15) is 17.0 Å². The first kappa shape index (κ1) is 14.9. The lowest BCUT2D eigenvalue weighted by molar-refractivity contribution is -0.384. The quantitative estimate of drug-likeness (QED) is 0.611. The topological polar surface area (TPSA) is 114 Å². The van der Waals surface area contributed by atoms with E-state index in [-0.39, 0.29) is 18.8 Å². The number of rotatable bonds is 7. The van der Waals surface area contributed by atoms with Crippen LogP contribution in [0.15, 0.2) is 28.8 Å². The van der Waals surface area contributed by atoms with Gasteiger partial charge in [-0.05, 0) is 6.07 Å². The number of nitro benzene ring substituents is 1. The van der Waals surface area contributed by atoms with Crippen molar-refractivity contribution in [2.24, 2.45) is 5.73 Å². The van der Waals surface area contributed by atoms with E-state index in [4.69, 9.17) is 19.7 Å². The Hall–Kier alpha value is -2.45. The molecule has 1 aromatic carbocycles. The number of ether oxygens (including phenoxy) is 2. The molecule has 21 heavy (non-hydrogen) atoms. The molecule has 0 saturated heterocycles. The van der Waals surface area contributed by atoms with Crippen molar-refractivity contribution < 1.29 is 18.9 Å². The Labute approximate surface area is 120 Å². The van der Waals surface area contributed by atoms with Gasteiger partial charge in [0.1, 0.15) is 24.7 Å². The number of hydrogen-bond acceptors (Lipinski definition) is 7. The summed E-state index contributed by atoms with van der Waals surface area (Å²) in [6, 6.07) is 6.01. The number of aromatic nitrogens is 1. The monoisotopic (exact) mass is 293 g/mol. The number of nitro groups is 1. The first-order chi connectivity index (χ1) is 10.1. The van der Waals surface area contributed by atoms with Crippen LogP contribution in [0.5, 0.6) is 5.75 Å². The van der Waals surface area contributed by atoms with Crippen LogP contribution in [0.2, 0.25) is 0 Å². The van der Waals surface area contributed by atoms with Gasteiger partial charge in [0.05, 0.1) is 4.92 Å². The van der Waals surface area contributed by atoms with Gasteiger partial charge >= 0.3 is 0 Å². The zero-order valence-corrected chi connectivity index (χ0v) is 11.4. The van der Waals surface area contributed by atoms with Crippen molar-refractivity contribution >= 4 is 5.69 Å². The Kier molecular flexibility index (Phi) is 4.85. The molecule has 112 valence electrons. The summed E-state index contributed by atoms with van der Waals surface area (Å²) in [6.07, 6.45) is 0. The molecule has 8 nitrogen and oxygen atoms in total. The van der Waals surface area contributed by atoms with Crippen molar-refractivity contribution in [3.05, 3.63) is 51.4 Å². The van der Waals surface area contributed by atoms with E-state index in [1.54, 1.807) is 13.2 Å². The summed E-state index contributed by atoms with van der Waals surface area (Å²) in [7, 11) is 1.56. The maximum absolute atomic E-state index is 10.7. The van der Waals surface area contributed by atoms with Crippen molar-refractivity contribution in [2.75, 3.05) is 7.11 Å². The molecule has 0 spiro atoms. The molecule has 0 bridgehead atoms. The molecule has 0 fully saturated rings. The van der Waals surface area contributed by atoms with E-state index < -0.39 is 4.92 Å². The highest BCUT2D eigenvalue weighted by atomic mass is 16.6. The maximum Gasteiger partial charge on any atom is 0.270 e. The minimum absolute atomic E-state index is 0.0217. The third kappa shape index (κ3) is 3.77. The second kappa shape index (κ2) is 6.82. The fourth-order valence-electron chi connectivity index (χ4n) is 1.77. The van der Waals surface area contributed by atoms with Crippen LogP contribution >= 0.6 is 0 Å². The molecule has 0 aliphatic carbocycles. The minimum Gasteiger partial charge on any atom is -0.487 e. The fraction of sp³-hybridized carbons (Fsp3) is 0.308. The van der Waals surface area contributed by atoms with Gasteiger partial charge in [-0.2, -0.15) is 0 Å². The fourth-order valence-corrected chi connectivity index (χ4v) is 1.77. The molecule has 0 aliphatic heterocycles. The molecule has 2 aromatic rings. The number of benzene rings is 1. The van der Waals surface area contributed by atoms with E-state index in [0.717, 1.165) is 0 Å². The summed E-state index contributed by atoms with van der Waals surface area (Å²) in [5.74, 6) is 1.08. The third-order valence-corrected chi connectivity index (χ3v) is 2.74. The van der Waals surface area contributed by atoms with Crippen molar-refractivity contribution in [2.45, 2.75) is 19.8 Å². The highest BCUT2D eigenvalue weighted by molar-refractivity contribution is 5.43. The normalized spacial score (nSPS) is 10.6. The smallest absolute Gasteiger partial charge is 0.270 e. The van der Waals surface area contributed by atoms with Crippen LogP contribution < -0.4 is 10.5 Å². The molecule has 0 unspecified atom stereocenters. The van der Waals surface area contributed by atoms with Gasteiger partial charge in [0.25, 0.3) is 5.69 Å². The lowest BCUT2D eigenvalue weighted by atomic mass is 10.2. The Balaban J connectivity index is 2.06. The molecule has 1 heterocycles. The van der Waals surface area contributed by atoms with Crippen molar-refractivity contribution in [3.8, 4) is 5.75 Å². The Morgan fingerprint density at radius 3 is 2.86 bits per heavy atom. The van der Waals surface area contributed by atoms with Gasteiger partial charge in [-0.15, -0.1) is 0 Å². The molecular formula is C13H15N3O5. The van der Waals surface area contributed by atoms with E-state index in [1.807, 2.05) is 0 Å². The van der Waals surface area contributed by atoms with Crippen LogP contribution in [0.25, 0.3) is 0 Å². The highest BCUT2D eigenvalue weighted by Crippen LogP contribution is 2.24. The molecule has 0 amide bonds. The van der Waals surface area contributed by atoms with E-state index in [9.17, 15) is 10.1 Å². The van der Waals surface area contributed by atoms with Crippen molar-refractivity contribution in [3.63, 3.8) is 0 Å². The Morgan fingerprint density at radius 1 is 1.38 bits per heavy atom. The van der Waals surface area contributed by atoms with E-state index >= 15 is 0 Å². The maximum atomic E-state index is 10.7. The van der Waals surface area contributed by atoms with E-state index in [1.165, 1.54) is 18.2 Å². The summed E-state index contributed by atoms with van der Waals surface area (Å²) >= 11 is 0. The van der Waals surface area contributed by atoms with Crippen molar-refractivity contribution in [1.29, 1.82) is 0 Å². The number of methoxy groups -OCH3 is 1. The predicted molar refractivity (Wildman–Crippen MR) is 72.5 cm³/mol. The van der Waals surface area contributed by atoms with Gasteiger partial charge in [-0.3, -0.25) is 10.1 Å². The van der Waals surface area contributed by atoms with Gasteiger partial charge in [0.15, 0.2) is 5.76 Å². The summed E-state index contributed by atoms with van der Waals surface area (Å²) in [5, 5.41) is 14.5. The molecule has 0 radical (unpaired) electrons. The van der Waals surface area contributed by atoms with Crippen molar-refractivity contribution in [1.82, 2.24) is 5.16 Å². The summed E-state index contributed by atoms with van der Waals surface area (Å²) in [4.78, 5) is 10.2. The highest BCUT2D eigenvalue weighted by Gasteiger charge is 2.12. The van der Waals surface area contributed by atoms with Gasteiger partial charge in [0, 0.05) is 37.4 Å². The van der Waals surface area contributed by atoms with Crippen LogP contribution in [0.3, 0.4) is 0 Å². The summed E-state index contributed by atoms with van der Waals surface area (Å²) in [5.41, 5.74) is 6.72. The average molecular weight is 293 g/mol. The number of nitrogens with two attached hydrogens (primary N) is 1. The predicted octanol–water partition coefficient (Wildman–Crippen LogP) is 1.77. The standard InChI is InChI=1S/C13H15N3O5/c1-19-8-12-5-10(15-21-12)7-20-13-3-2-11(16(17)18)4-9(13)6-14/h2-5H,6-8,14H2,1H3. The van der Waals surface area contributed by atoms with E-state index in [0.29, 0.717) is 29.4 Å². The molecule has 0 saturated carbocycles. The van der Waals surface area contributed by atoms with Crippen LogP contribution in [-0.2, 0) is 24.5 Å². The number of hydrogen-bond donors (Lipinski definition) is 1. The zero-order chi connectivity index (χ0) is 15.2. The minimum atomic E-state index is -0.475. The molecule has 0 aliphatic rings. The molecule has 0 atom stereocenters. The van der Waals surface area contributed by atoms with Crippen LogP contribution in [0.4, 0.5) is 5.69 Å². The number of non-ortho nitro benzene ring substituents is 1. The zero-order valence-electron chi connectivity index (χ0n) is 11.4. The second-order valence-electron chi connectivity index (χ2n) is 4.26. The van der Waals surface area contributed by atoms with Gasteiger partial charge in [0.2, 0.25) is 0 Å². The van der Waals surface area contributed by atoms with Gasteiger partial charge in [-0.1, -0.05) is 5.16 Å². The third-order valence-electron chi connectivity index (χ3n) is 2.74. The molecular weight excluding hydrogens is 278 g/mol. The van der Waals surface area contributed by atoms with Crippen LogP contribution in [0, 0.1) is 10.1 Å². The second-order valence-corrected chi connectivity index (χ2v) is 4.26. The summed E-state index contributed by atoms with van der Waals surface area (Å²) < 4.78 is 15.5. The molecule has 1 aromatic heterocycles. The Morgan fingerprint density at radius 2 is 2.19 bits per heavy atom. The largest absolute Gasteiger partial charge is 0.487 e. The number of nitrogens with zero attached hydrogens (tertiary/aromatic N) is 2. The average Bonchev–Trinajstić information content (AvgIpc) is 2.93.